The van der Waals surface area contributed by atoms with E-state index in [-0.39, 0.29) is 39.6 Å². The Bertz CT molecular complexity index is 1930. The van der Waals surface area contributed by atoms with Crippen LogP contribution in [0.25, 0.3) is 22.1 Å². The van der Waals surface area contributed by atoms with Crippen LogP contribution in [-0.2, 0) is 13.2 Å². The van der Waals surface area contributed by atoms with Crippen LogP contribution >= 0.6 is 22.6 Å². The summed E-state index contributed by atoms with van der Waals surface area (Å²) in [6.07, 6.45) is 5.47. The summed E-state index contributed by atoms with van der Waals surface area (Å²) in [5.41, 5.74) is 1.40. The van der Waals surface area contributed by atoms with Gasteiger partial charge in [0.1, 0.15) is 40.9 Å². The maximum Gasteiger partial charge on any atom is 0.302 e. The van der Waals surface area contributed by atoms with E-state index in [1.54, 1.807) is 22.6 Å². The van der Waals surface area contributed by atoms with Crippen molar-refractivity contribution in [2.45, 2.75) is 13.2 Å². The van der Waals surface area contributed by atoms with Crippen LogP contribution in [0.1, 0.15) is 11.1 Å². The van der Waals surface area contributed by atoms with E-state index in [0.29, 0.717) is 10.8 Å². The number of hydrogen-bond donors (Lipinski definition) is 2. The van der Waals surface area contributed by atoms with Crippen LogP contribution in [0.15, 0.2) is 101 Å². The third-order valence-electron chi connectivity index (χ3n) is 5.75. The minimum atomic E-state index is -0.482. The lowest BCUT2D eigenvalue weighted by Crippen LogP contribution is -2.29. The van der Waals surface area contributed by atoms with Crippen LogP contribution in [0, 0.1) is 3.57 Å². The van der Waals surface area contributed by atoms with Gasteiger partial charge in [0.25, 0.3) is 5.56 Å². The molecule has 0 bridgehead atoms. The number of halogens is 1. The summed E-state index contributed by atoms with van der Waals surface area (Å²) in [5.74, 6) is -0.291. The zero-order chi connectivity index (χ0) is 28.8. The molecule has 13 heteroatoms. The highest BCUT2D eigenvalue weighted by molar-refractivity contribution is 14.1. The molecule has 0 radical (unpaired) electrons. The molecule has 0 fully saturated rings. The zero-order valence-corrected chi connectivity index (χ0v) is 23.3. The van der Waals surface area contributed by atoms with E-state index in [2.05, 4.69) is 19.9 Å². The first kappa shape index (κ1) is 27.5. The second-order valence-electron chi connectivity index (χ2n) is 8.46. The fraction of sp³-hybridized carbons (Fsp3) is 0.0714. The van der Waals surface area contributed by atoms with Gasteiger partial charge in [-0.3, -0.25) is 9.59 Å². The van der Waals surface area contributed by atoms with Crippen molar-refractivity contribution in [3.63, 3.8) is 0 Å². The number of rotatable bonds is 6. The molecule has 0 aliphatic carbocycles. The van der Waals surface area contributed by atoms with E-state index in [4.69, 9.17) is 9.68 Å². The lowest BCUT2D eigenvalue weighted by atomic mass is 10.2. The molecule has 6 aromatic rings. The fourth-order valence-corrected chi connectivity index (χ4v) is 4.26. The van der Waals surface area contributed by atoms with Crippen molar-refractivity contribution in [1.29, 1.82) is 0 Å². The summed E-state index contributed by atoms with van der Waals surface area (Å²) < 4.78 is 2.32. The van der Waals surface area contributed by atoms with Crippen molar-refractivity contribution in [3.05, 3.63) is 127 Å². The molecule has 0 spiro atoms. The molecule has 0 amide bonds. The lowest BCUT2D eigenvalue weighted by Gasteiger charge is -2.12. The van der Waals surface area contributed by atoms with Gasteiger partial charge in [-0.15, -0.1) is 9.46 Å². The Morgan fingerprint density at radius 1 is 0.732 bits per heavy atom. The van der Waals surface area contributed by atoms with Crippen molar-refractivity contribution < 1.29 is 19.9 Å². The third kappa shape index (κ3) is 6.09. The van der Waals surface area contributed by atoms with Gasteiger partial charge in [-0.2, -0.15) is 0 Å². The van der Waals surface area contributed by atoms with Crippen LogP contribution in [0.3, 0.4) is 0 Å². The standard InChI is InChI=1S/C14H10IN3O3.C14H11N3O3/c15-11-12(19)10-6-16-8-17-13(10)18(14(11)20)21-7-9-4-2-1-3-5-9;18-12-6-13(19)17(14-11(12)7-15-9-16-14)20-8-10-4-2-1-3-5-10/h1-6,8,19H,7H2;1-7,9,18H,8H2. The summed E-state index contributed by atoms with van der Waals surface area (Å²) in [7, 11) is 0. The van der Waals surface area contributed by atoms with E-state index >= 15 is 0 Å². The van der Waals surface area contributed by atoms with Gasteiger partial charge in [0, 0.05) is 18.5 Å². The summed E-state index contributed by atoms with van der Waals surface area (Å²) in [6, 6.07) is 20.0. The van der Waals surface area contributed by atoms with Gasteiger partial charge >= 0.3 is 5.56 Å². The third-order valence-corrected chi connectivity index (χ3v) is 6.72. The Morgan fingerprint density at radius 3 is 1.83 bits per heavy atom. The molecular weight excluding hydrogens is 643 g/mol. The molecule has 41 heavy (non-hydrogen) atoms. The quantitative estimate of drug-likeness (QED) is 0.254. The molecule has 12 nitrogen and oxygen atoms in total. The number of benzene rings is 2. The van der Waals surface area contributed by atoms with E-state index < -0.39 is 11.1 Å². The number of pyridine rings is 2. The van der Waals surface area contributed by atoms with E-state index in [9.17, 15) is 19.8 Å². The average molecular weight is 664 g/mol. The van der Waals surface area contributed by atoms with Crippen LogP contribution in [0.2, 0.25) is 0 Å². The highest BCUT2D eigenvalue weighted by Gasteiger charge is 2.16. The van der Waals surface area contributed by atoms with Gasteiger partial charge < -0.3 is 19.9 Å². The normalized spacial score (nSPS) is 10.7. The molecule has 0 saturated heterocycles. The van der Waals surface area contributed by atoms with Crippen LogP contribution in [-0.4, -0.2) is 39.6 Å². The molecule has 2 aromatic carbocycles. The number of fused-ring (bicyclic) bond motifs is 2. The maximum absolute atomic E-state index is 12.2. The minimum Gasteiger partial charge on any atom is -0.507 e. The van der Waals surface area contributed by atoms with E-state index in [0.717, 1.165) is 26.7 Å². The van der Waals surface area contributed by atoms with Crippen molar-refractivity contribution in [2.24, 2.45) is 0 Å². The number of aromatic hydroxyl groups is 2. The van der Waals surface area contributed by atoms with Crippen molar-refractivity contribution in [1.82, 2.24) is 29.4 Å². The van der Waals surface area contributed by atoms with Gasteiger partial charge in [-0.05, 0) is 33.7 Å². The van der Waals surface area contributed by atoms with Crippen LogP contribution < -0.4 is 20.8 Å². The topological polar surface area (TPSA) is 154 Å². The van der Waals surface area contributed by atoms with Gasteiger partial charge in [-0.25, -0.2) is 19.9 Å². The summed E-state index contributed by atoms with van der Waals surface area (Å²) in [4.78, 5) is 50.9. The van der Waals surface area contributed by atoms with Gasteiger partial charge in [-0.1, -0.05) is 60.7 Å². The fourth-order valence-electron chi connectivity index (χ4n) is 3.75. The molecule has 4 aromatic heterocycles. The SMILES string of the molecule is O=c1c(I)c(O)c2cncnc2n1OCc1ccccc1.O=c1cc(O)c2cncnc2n1OCc1ccccc1. The Balaban J connectivity index is 0.000000165. The van der Waals surface area contributed by atoms with Crippen LogP contribution in [0.4, 0.5) is 0 Å². The van der Waals surface area contributed by atoms with Crippen molar-refractivity contribution in [2.75, 3.05) is 0 Å². The van der Waals surface area contributed by atoms with E-state index in [1.807, 2.05) is 60.7 Å². The summed E-state index contributed by atoms with van der Waals surface area (Å²) >= 11 is 1.78. The zero-order valence-electron chi connectivity index (χ0n) is 21.2. The summed E-state index contributed by atoms with van der Waals surface area (Å²) in [6.45, 7) is 0.450. The van der Waals surface area contributed by atoms with E-state index in [1.165, 1.54) is 25.0 Å². The molecule has 0 aliphatic rings. The van der Waals surface area contributed by atoms with Gasteiger partial charge in [0.15, 0.2) is 11.3 Å². The second kappa shape index (κ2) is 12.4. The predicted molar refractivity (Wildman–Crippen MR) is 157 cm³/mol. The van der Waals surface area contributed by atoms with Crippen molar-refractivity contribution in [3.8, 4) is 11.5 Å². The minimum absolute atomic E-state index is 0.129. The first-order chi connectivity index (χ1) is 19.9. The Kier molecular flexibility index (Phi) is 8.34. The van der Waals surface area contributed by atoms with Crippen molar-refractivity contribution >= 4 is 44.7 Å². The maximum atomic E-state index is 12.2. The molecule has 0 saturated carbocycles. The predicted octanol–water partition coefficient (Wildman–Crippen LogP) is 2.86. The van der Waals surface area contributed by atoms with Crippen LogP contribution in [0.5, 0.6) is 11.5 Å². The number of nitrogens with zero attached hydrogens (tertiary/aromatic N) is 6. The first-order valence-corrected chi connectivity index (χ1v) is 13.1. The second-order valence-corrected chi connectivity index (χ2v) is 9.54. The Labute approximate surface area is 245 Å². The smallest absolute Gasteiger partial charge is 0.302 e. The van der Waals surface area contributed by atoms with Gasteiger partial charge in [0.2, 0.25) is 0 Å². The Morgan fingerprint density at radius 2 is 1.24 bits per heavy atom. The molecule has 6 rings (SSSR count). The largest absolute Gasteiger partial charge is 0.507 e. The Hall–Kier alpha value is -5.05. The molecule has 4 heterocycles. The van der Waals surface area contributed by atoms with Gasteiger partial charge in [0.05, 0.1) is 10.8 Å². The summed E-state index contributed by atoms with van der Waals surface area (Å²) in [5, 5.41) is 20.4. The molecule has 2 N–H and O–H groups in total. The molecular formula is C28H21IN6O6. The highest BCUT2D eigenvalue weighted by atomic mass is 127. The average Bonchev–Trinajstić information content (AvgIpc) is 3.01. The number of aromatic nitrogens is 6. The monoisotopic (exact) mass is 664 g/mol. The molecule has 206 valence electrons. The highest BCUT2D eigenvalue weighted by Crippen LogP contribution is 2.24. The molecule has 0 atom stereocenters. The first-order valence-electron chi connectivity index (χ1n) is 12.1. The molecule has 0 unspecified atom stereocenters. The molecule has 0 aliphatic heterocycles. The number of hydrogen-bond acceptors (Lipinski definition) is 10. The lowest BCUT2D eigenvalue weighted by molar-refractivity contribution is 0.0970.